The van der Waals surface area contributed by atoms with Gasteiger partial charge in [0.05, 0.1) is 10.7 Å². The Kier molecular flexibility index (Phi) is 7.77. The van der Waals surface area contributed by atoms with Crippen molar-refractivity contribution in [1.29, 1.82) is 0 Å². The van der Waals surface area contributed by atoms with Gasteiger partial charge in [-0.2, -0.15) is 0 Å². The predicted molar refractivity (Wildman–Crippen MR) is 102 cm³/mol. The molecule has 0 saturated heterocycles. The highest BCUT2D eigenvalue weighted by molar-refractivity contribution is 7.80. The van der Waals surface area contributed by atoms with Crippen LogP contribution >= 0.6 is 70.2 Å². The Morgan fingerprint density at radius 2 is 1.83 bits per heavy atom. The molecule has 128 valence electrons. The van der Waals surface area contributed by atoms with Gasteiger partial charge in [0.25, 0.3) is 0 Å². The number of anilines is 1. The summed E-state index contributed by atoms with van der Waals surface area (Å²) in [6, 6.07) is 4.37. The van der Waals surface area contributed by atoms with E-state index in [1.54, 1.807) is 32.3 Å². The highest BCUT2D eigenvalue weighted by atomic mass is 35.6. The summed E-state index contributed by atoms with van der Waals surface area (Å²) in [5, 5.41) is 8.98. The Hall–Kier alpha value is -0.370. The van der Waals surface area contributed by atoms with E-state index in [0.717, 1.165) is 0 Å². The minimum Gasteiger partial charge on any atom is -0.339 e. The molecule has 0 radical (unpaired) electrons. The number of halogens is 5. The first-order valence-electron chi connectivity index (χ1n) is 6.08. The second kappa shape index (κ2) is 8.65. The van der Waals surface area contributed by atoms with Gasteiger partial charge in [0.15, 0.2) is 11.3 Å². The Balaban J connectivity index is 2.79. The zero-order valence-electron chi connectivity index (χ0n) is 12.0. The van der Waals surface area contributed by atoms with E-state index in [2.05, 4.69) is 16.0 Å². The second-order valence-corrected chi connectivity index (χ2v) is 8.16. The Bertz CT molecular complexity index is 593. The van der Waals surface area contributed by atoms with Gasteiger partial charge < -0.3 is 20.9 Å². The summed E-state index contributed by atoms with van der Waals surface area (Å²) < 4.78 is -1.83. The second-order valence-electron chi connectivity index (χ2n) is 4.54. The number of amides is 2. The van der Waals surface area contributed by atoms with E-state index in [9.17, 15) is 4.79 Å². The van der Waals surface area contributed by atoms with E-state index >= 15 is 0 Å². The fourth-order valence-corrected chi connectivity index (χ4v) is 2.34. The number of nitrogens with one attached hydrogen (secondary N) is 3. The maximum absolute atomic E-state index is 11.7. The van der Waals surface area contributed by atoms with Crippen molar-refractivity contribution in [3.05, 3.63) is 28.2 Å². The van der Waals surface area contributed by atoms with Crippen LogP contribution < -0.4 is 16.0 Å². The van der Waals surface area contributed by atoms with Gasteiger partial charge in [-0.25, -0.2) is 4.79 Å². The molecule has 1 aromatic carbocycles. The van der Waals surface area contributed by atoms with Crippen LogP contribution in [0.3, 0.4) is 0 Å². The van der Waals surface area contributed by atoms with E-state index in [1.807, 2.05) is 0 Å². The van der Waals surface area contributed by atoms with Crippen molar-refractivity contribution in [3.63, 3.8) is 0 Å². The van der Waals surface area contributed by atoms with Crippen LogP contribution in [-0.2, 0) is 0 Å². The maximum Gasteiger partial charge on any atom is 0.318 e. The fourth-order valence-electron chi connectivity index (χ4n) is 1.33. The Morgan fingerprint density at radius 3 is 2.30 bits per heavy atom. The molecule has 3 N–H and O–H groups in total. The number of thiocarbonyl (C=S) groups is 1. The molecule has 0 aliphatic heterocycles. The van der Waals surface area contributed by atoms with Crippen LogP contribution in [0.5, 0.6) is 0 Å². The van der Waals surface area contributed by atoms with E-state index in [-0.39, 0.29) is 5.11 Å². The molecule has 1 atom stereocenters. The normalized spacial score (nSPS) is 12.3. The summed E-state index contributed by atoms with van der Waals surface area (Å²) in [5.74, 6) is 0. The molecule has 11 heteroatoms. The minimum absolute atomic E-state index is 0.101. The molecule has 0 heterocycles. The van der Waals surface area contributed by atoms with Crippen molar-refractivity contribution >= 4 is 87.1 Å². The van der Waals surface area contributed by atoms with Crippen molar-refractivity contribution < 1.29 is 4.79 Å². The topological polar surface area (TPSA) is 56.4 Å². The van der Waals surface area contributed by atoms with Gasteiger partial charge in [-0.15, -0.1) is 0 Å². The number of carbonyl (C=O) groups is 1. The van der Waals surface area contributed by atoms with Crippen LogP contribution in [0.4, 0.5) is 10.5 Å². The van der Waals surface area contributed by atoms with Crippen molar-refractivity contribution in [2.24, 2.45) is 0 Å². The van der Waals surface area contributed by atoms with Crippen LogP contribution in [0.1, 0.15) is 0 Å². The van der Waals surface area contributed by atoms with Gasteiger partial charge in [0.2, 0.25) is 3.79 Å². The van der Waals surface area contributed by atoms with Crippen molar-refractivity contribution in [1.82, 2.24) is 15.5 Å². The summed E-state index contributed by atoms with van der Waals surface area (Å²) in [7, 11) is 3.10. The van der Waals surface area contributed by atoms with Gasteiger partial charge in [0.1, 0.15) is 0 Å². The van der Waals surface area contributed by atoms with E-state index in [1.165, 1.54) is 4.90 Å². The van der Waals surface area contributed by atoms with E-state index < -0.39 is 16.0 Å². The zero-order chi connectivity index (χ0) is 17.8. The molecular formula is C12H13Cl5N4OS. The number of hydrogen-bond acceptors (Lipinski definition) is 2. The first-order chi connectivity index (χ1) is 10.5. The summed E-state index contributed by atoms with van der Waals surface area (Å²) in [6.07, 6.45) is -1.06. The quantitative estimate of drug-likeness (QED) is 0.375. The molecule has 0 aliphatic carbocycles. The van der Waals surface area contributed by atoms with E-state index in [0.29, 0.717) is 15.7 Å². The van der Waals surface area contributed by atoms with Crippen molar-refractivity contribution in [2.45, 2.75) is 9.96 Å². The Labute approximate surface area is 164 Å². The average molecular weight is 439 g/mol. The van der Waals surface area contributed by atoms with Crippen molar-refractivity contribution in [2.75, 3.05) is 19.4 Å². The van der Waals surface area contributed by atoms with Gasteiger partial charge in [-0.3, -0.25) is 0 Å². The molecule has 1 rings (SSSR count). The smallest absolute Gasteiger partial charge is 0.318 e. The lowest BCUT2D eigenvalue weighted by molar-refractivity contribution is 0.212. The lowest BCUT2D eigenvalue weighted by Gasteiger charge is -2.29. The first kappa shape index (κ1) is 20.7. The maximum atomic E-state index is 11.7. The number of urea groups is 1. The average Bonchev–Trinajstić information content (AvgIpc) is 2.40. The van der Waals surface area contributed by atoms with Crippen LogP contribution in [0.25, 0.3) is 0 Å². The standard InChI is InChI=1S/C12H13Cl5N4OS/c1-21(2)11(22)20-9(12(15,16)17)19-10(23)18-8-4-3-6(13)5-7(8)14/h3-5,9H,1-2H3,(H,20,22)(H2,18,19,23)/t9-/m0/s1. The number of nitrogens with zero attached hydrogens (tertiary/aromatic N) is 1. The molecule has 0 bridgehead atoms. The van der Waals surface area contributed by atoms with Crippen LogP contribution in [0.15, 0.2) is 18.2 Å². The summed E-state index contributed by atoms with van der Waals surface area (Å²) >= 11 is 34.5. The summed E-state index contributed by atoms with van der Waals surface area (Å²) in [5.41, 5.74) is 0.510. The number of hydrogen-bond donors (Lipinski definition) is 3. The molecule has 0 fully saturated rings. The number of alkyl halides is 3. The molecule has 0 saturated carbocycles. The van der Waals surface area contributed by atoms with E-state index in [4.69, 9.17) is 70.2 Å². The van der Waals surface area contributed by atoms with Crippen LogP contribution in [-0.4, -0.2) is 40.1 Å². The largest absolute Gasteiger partial charge is 0.339 e. The van der Waals surface area contributed by atoms with Gasteiger partial charge in [0, 0.05) is 19.1 Å². The molecule has 1 aromatic rings. The monoisotopic (exact) mass is 436 g/mol. The highest BCUT2D eigenvalue weighted by Gasteiger charge is 2.35. The lowest BCUT2D eigenvalue weighted by atomic mass is 10.3. The minimum atomic E-state index is -1.83. The fraction of sp³-hybridized carbons (Fsp3) is 0.333. The third-order valence-corrected chi connectivity index (χ3v) is 3.88. The molecule has 0 unspecified atom stereocenters. The van der Waals surface area contributed by atoms with Gasteiger partial charge >= 0.3 is 6.03 Å². The molecule has 0 aliphatic rings. The van der Waals surface area contributed by atoms with Gasteiger partial charge in [-0.1, -0.05) is 58.0 Å². The summed E-state index contributed by atoms with van der Waals surface area (Å²) in [6.45, 7) is 0. The molecular weight excluding hydrogens is 425 g/mol. The third-order valence-electron chi connectivity index (χ3n) is 2.46. The predicted octanol–water partition coefficient (Wildman–Crippen LogP) is 4.25. The first-order valence-corrected chi connectivity index (χ1v) is 8.37. The number of carbonyl (C=O) groups excluding carboxylic acids is 1. The Morgan fingerprint density at radius 1 is 1.22 bits per heavy atom. The number of rotatable bonds is 3. The molecule has 0 aromatic heterocycles. The summed E-state index contributed by atoms with van der Waals surface area (Å²) in [4.78, 5) is 13.0. The van der Waals surface area contributed by atoms with Gasteiger partial charge in [-0.05, 0) is 30.4 Å². The number of benzene rings is 1. The molecule has 23 heavy (non-hydrogen) atoms. The van der Waals surface area contributed by atoms with Crippen molar-refractivity contribution in [3.8, 4) is 0 Å². The van der Waals surface area contributed by atoms with Crippen LogP contribution in [0, 0.1) is 0 Å². The molecule has 5 nitrogen and oxygen atoms in total. The van der Waals surface area contributed by atoms with Crippen LogP contribution in [0.2, 0.25) is 10.0 Å². The lowest BCUT2D eigenvalue weighted by Crippen LogP contribution is -2.57. The molecule has 2 amide bonds. The third kappa shape index (κ3) is 6.95. The zero-order valence-corrected chi connectivity index (χ0v) is 16.6. The molecule has 0 spiro atoms. The highest BCUT2D eigenvalue weighted by Crippen LogP contribution is 2.29. The SMILES string of the molecule is CN(C)C(=O)N[C@H](NC(=S)Nc1ccc(Cl)cc1Cl)C(Cl)(Cl)Cl.